The van der Waals surface area contributed by atoms with Gasteiger partial charge >= 0.3 is 0 Å². The maximum absolute atomic E-state index is 11.7. The van der Waals surface area contributed by atoms with Gasteiger partial charge < -0.3 is 5.11 Å². The van der Waals surface area contributed by atoms with E-state index < -0.39 is 16.1 Å². The summed E-state index contributed by atoms with van der Waals surface area (Å²) < 4.78 is 24.7. The van der Waals surface area contributed by atoms with Crippen LogP contribution in [0.3, 0.4) is 0 Å². The smallest absolute Gasteiger partial charge is 0.244 e. The first-order chi connectivity index (χ1) is 6.60. The second kappa shape index (κ2) is 3.30. The maximum atomic E-state index is 11.7. The predicted octanol–water partition coefficient (Wildman–Crippen LogP) is -0.553. The van der Waals surface area contributed by atoms with Gasteiger partial charge in [-0.3, -0.25) is 4.98 Å². The van der Waals surface area contributed by atoms with Gasteiger partial charge in [-0.1, -0.05) is 0 Å². The minimum absolute atomic E-state index is 0.173. The lowest BCUT2D eigenvalue weighted by Gasteiger charge is -2.34. The molecule has 76 valence electrons. The summed E-state index contributed by atoms with van der Waals surface area (Å²) in [7, 11) is -3.42. The van der Waals surface area contributed by atoms with Gasteiger partial charge in [0.1, 0.15) is 4.90 Å². The lowest BCUT2D eigenvalue weighted by molar-refractivity contribution is 0.0547. The van der Waals surface area contributed by atoms with Crippen LogP contribution >= 0.6 is 0 Å². The minimum Gasteiger partial charge on any atom is -0.390 e. The Kier molecular flexibility index (Phi) is 2.26. The molecule has 0 radical (unpaired) electrons. The molecule has 5 nitrogen and oxygen atoms in total. The summed E-state index contributed by atoms with van der Waals surface area (Å²) in [5, 5.41) is 9.01. The van der Waals surface area contributed by atoms with Gasteiger partial charge in [-0.15, -0.1) is 0 Å². The van der Waals surface area contributed by atoms with Crippen molar-refractivity contribution in [2.45, 2.75) is 11.0 Å². The van der Waals surface area contributed by atoms with Gasteiger partial charge in [0.05, 0.1) is 6.10 Å². The van der Waals surface area contributed by atoms with Crippen molar-refractivity contribution in [1.29, 1.82) is 0 Å². The van der Waals surface area contributed by atoms with Crippen LogP contribution in [0.1, 0.15) is 0 Å². The molecular formula is C8H10N2O3S. The van der Waals surface area contributed by atoms with Crippen LogP contribution in [0.15, 0.2) is 29.4 Å². The maximum Gasteiger partial charge on any atom is 0.244 e. The quantitative estimate of drug-likeness (QED) is 0.717. The van der Waals surface area contributed by atoms with E-state index in [1.54, 1.807) is 6.07 Å². The van der Waals surface area contributed by atoms with E-state index in [9.17, 15) is 8.42 Å². The molecule has 0 bridgehead atoms. The number of pyridine rings is 1. The average Bonchev–Trinajstić information content (AvgIpc) is 2.14. The number of aromatic nitrogens is 1. The van der Waals surface area contributed by atoms with Crippen LogP contribution in [-0.4, -0.2) is 42.0 Å². The second-order valence-corrected chi connectivity index (χ2v) is 5.10. The normalized spacial score (nSPS) is 19.2. The predicted molar refractivity (Wildman–Crippen MR) is 49.0 cm³/mol. The van der Waals surface area contributed by atoms with Crippen LogP contribution in [0.25, 0.3) is 0 Å². The van der Waals surface area contributed by atoms with Crippen molar-refractivity contribution >= 4 is 10.0 Å². The lowest BCUT2D eigenvalue weighted by Crippen LogP contribution is -2.53. The van der Waals surface area contributed by atoms with Crippen molar-refractivity contribution in [2.75, 3.05) is 13.1 Å². The first kappa shape index (κ1) is 9.57. The van der Waals surface area contributed by atoms with Gasteiger partial charge in [0, 0.05) is 25.5 Å². The van der Waals surface area contributed by atoms with Gasteiger partial charge in [-0.25, -0.2) is 8.42 Å². The first-order valence-electron chi connectivity index (χ1n) is 4.19. The van der Waals surface area contributed by atoms with Crippen LogP contribution in [0, 0.1) is 0 Å². The zero-order chi connectivity index (χ0) is 10.2. The number of sulfonamides is 1. The van der Waals surface area contributed by atoms with Crippen LogP contribution < -0.4 is 0 Å². The number of hydrogen-bond acceptors (Lipinski definition) is 4. The number of nitrogens with zero attached hydrogens (tertiary/aromatic N) is 2. The van der Waals surface area contributed by atoms with E-state index in [1.807, 2.05) is 0 Å². The highest BCUT2D eigenvalue weighted by molar-refractivity contribution is 7.89. The van der Waals surface area contributed by atoms with Crippen molar-refractivity contribution < 1.29 is 13.5 Å². The third kappa shape index (κ3) is 1.52. The molecule has 2 heterocycles. The molecule has 1 aliphatic rings. The highest BCUT2D eigenvalue weighted by atomic mass is 32.2. The zero-order valence-electron chi connectivity index (χ0n) is 7.37. The zero-order valence-corrected chi connectivity index (χ0v) is 8.18. The fourth-order valence-electron chi connectivity index (χ4n) is 1.26. The molecular weight excluding hydrogens is 204 g/mol. The number of aliphatic hydroxyl groups excluding tert-OH is 1. The van der Waals surface area contributed by atoms with Gasteiger partial charge in [-0.05, 0) is 12.1 Å². The molecule has 1 fully saturated rings. The van der Waals surface area contributed by atoms with Crippen LogP contribution in [-0.2, 0) is 10.0 Å². The highest BCUT2D eigenvalue weighted by Crippen LogP contribution is 2.20. The molecule has 0 atom stereocenters. The Hall–Kier alpha value is -0.980. The Morgan fingerprint density at radius 1 is 1.50 bits per heavy atom. The van der Waals surface area contributed by atoms with Crippen molar-refractivity contribution in [3.63, 3.8) is 0 Å². The summed E-state index contributed by atoms with van der Waals surface area (Å²) in [6.45, 7) is 0.356. The van der Waals surface area contributed by atoms with Gasteiger partial charge in [-0.2, -0.15) is 4.31 Å². The third-order valence-electron chi connectivity index (χ3n) is 2.10. The molecule has 14 heavy (non-hydrogen) atoms. The van der Waals surface area contributed by atoms with Gasteiger partial charge in [0.15, 0.2) is 0 Å². The summed E-state index contributed by atoms with van der Waals surface area (Å²) in [5.41, 5.74) is 0. The Labute approximate surface area is 82.1 Å². The summed E-state index contributed by atoms with van der Waals surface area (Å²) in [6, 6.07) is 3.07. The van der Waals surface area contributed by atoms with Gasteiger partial charge in [0.25, 0.3) is 0 Å². The average molecular weight is 214 g/mol. The monoisotopic (exact) mass is 214 g/mol. The van der Waals surface area contributed by atoms with Crippen molar-refractivity contribution in [2.24, 2.45) is 0 Å². The SMILES string of the molecule is O=S(=O)(c1cccnc1)N1CC(O)C1. The summed E-state index contributed by atoms with van der Waals surface area (Å²) >= 11 is 0. The molecule has 0 spiro atoms. The number of aliphatic hydroxyl groups is 1. The molecule has 1 N–H and O–H groups in total. The number of hydrogen-bond donors (Lipinski definition) is 1. The number of rotatable bonds is 2. The molecule has 0 aliphatic carbocycles. The molecule has 2 rings (SSSR count). The molecule has 1 aliphatic heterocycles. The molecule has 1 aromatic rings. The van der Waals surface area contributed by atoms with E-state index >= 15 is 0 Å². The van der Waals surface area contributed by atoms with E-state index in [0.717, 1.165) is 0 Å². The summed E-state index contributed by atoms with van der Waals surface area (Å²) in [6.07, 6.45) is 2.30. The van der Waals surface area contributed by atoms with Crippen LogP contribution in [0.4, 0.5) is 0 Å². The summed E-state index contributed by atoms with van der Waals surface area (Å²) in [5.74, 6) is 0. The van der Waals surface area contributed by atoms with Gasteiger partial charge in [0.2, 0.25) is 10.0 Å². The number of β-amino-alcohol motifs (C(OH)–C–C–N with tert-alkyl or cyclic N) is 1. The summed E-state index contributed by atoms with van der Waals surface area (Å²) in [4.78, 5) is 3.92. The Balaban J connectivity index is 2.26. The second-order valence-electron chi connectivity index (χ2n) is 3.16. The molecule has 6 heteroatoms. The Morgan fingerprint density at radius 3 is 2.71 bits per heavy atom. The van der Waals surface area contributed by atoms with Crippen molar-refractivity contribution in [3.05, 3.63) is 24.5 Å². The van der Waals surface area contributed by atoms with E-state index in [0.29, 0.717) is 0 Å². The molecule has 0 amide bonds. The van der Waals surface area contributed by atoms with E-state index in [2.05, 4.69) is 4.98 Å². The molecule has 1 aromatic heterocycles. The van der Waals surface area contributed by atoms with Crippen molar-refractivity contribution in [1.82, 2.24) is 9.29 Å². The Bertz CT molecular complexity index is 411. The third-order valence-corrected chi connectivity index (χ3v) is 3.92. The minimum atomic E-state index is -3.42. The fourth-order valence-corrected chi connectivity index (χ4v) is 2.74. The molecule has 1 saturated heterocycles. The fraction of sp³-hybridized carbons (Fsp3) is 0.375. The van der Waals surface area contributed by atoms with Crippen LogP contribution in [0.2, 0.25) is 0 Å². The van der Waals surface area contributed by atoms with E-state index in [1.165, 1.54) is 22.8 Å². The first-order valence-corrected chi connectivity index (χ1v) is 5.63. The Morgan fingerprint density at radius 2 is 2.21 bits per heavy atom. The standard InChI is InChI=1S/C8H10N2O3S/c11-7-5-10(6-7)14(12,13)8-2-1-3-9-4-8/h1-4,7,11H,5-6H2. The lowest BCUT2D eigenvalue weighted by atomic mass is 10.2. The largest absolute Gasteiger partial charge is 0.390 e. The topological polar surface area (TPSA) is 70.5 Å². The molecule has 0 unspecified atom stereocenters. The van der Waals surface area contributed by atoms with E-state index in [-0.39, 0.29) is 18.0 Å². The molecule has 0 aromatic carbocycles. The van der Waals surface area contributed by atoms with Crippen LogP contribution in [0.5, 0.6) is 0 Å². The molecule has 0 saturated carbocycles. The highest BCUT2D eigenvalue weighted by Gasteiger charge is 2.35. The van der Waals surface area contributed by atoms with E-state index in [4.69, 9.17) is 5.11 Å². The van der Waals surface area contributed by atoms with Crippen molar-refractivity contribution in [3.8, 4) is 0 Å².